The molecular weight excluding hydrogens is 451 g/mol. The van der Waals surface area contributed by atoms with Crippen LogP contribution in [0.5, 0.6) is 0 Å². The number of rotatable bonds is 5. The van der Waals surface area contributed by atoms with Crippen molar-refractivity contribution >= 4 is 17.0 Å². The van der Waals surface area contributed by atoms with E-state index in [4.69, 9.17) is 9.15 Å². The Morgan fingerprint density at radius 2 is 2.14 bits per heavy atom. The van der Waals surface area contributed by atoms with Gasteiger partial charge in [0.05, 0.1) is 11.6 Å². The molecular formula is C26H27FN4O4. The summed E-state index contributed by atoms with van der Waals surface area (Å²) in [5, 5.41) is 15.6. The van der Waals surface area contributed by atoms with Gasteiger partial charge in [-0.25, -0.2) is 9.18 Å². The van der Waals surface area contributed by atoms with Crippen LogP contribution in [-0.4, -0.2) is 42.3 Å². The maximum atomic E-state index is 15.6. The first kappa shape index (κ1) is 23.3. The van der Waals surface area contributed by atoms with Gasteiger partial charge in [-0.1, -0.05) is 6.07 Å². The van der Waals surface area contributed by atoms with Gasteiger partial charge in [0.15, 0.2) is 5.58 Å². The van der Waals surface area contributed by atoms with Gasteiger partial charge in [-0.05, 0) is 72.7 Å². The summed E-state index contributed by atoms with van der Waals surface area (Å²) in [5.74, 6) is -1.18. The molecule has 1 fully saturated rings. The number of aryl methyl sites for hydroxylation is 1. The molecule has 0 bridgehead atoms. The van der Waals surface area contributed by atoms with Crippen LogP contribution in [0.4, 0.5) is 4.39 Å². The molecule has 2 aromatic carbocycles. The molecule has 3 aromatic rings. The van der Waals surface area contributed by atoms with Crippen molar-refractivity contribution in [2.75, 3.05) is 19.7 Å². The number of carbonyl (C=O) groups excluding carboxylic acids is 1. The van der Waals surface area contributed by atoms with E-state index in [2.05, 4.69) is 16.7 Å². The second kappa shape index (κ2) is 9.64. The van der Waals surface area contributed by atoms with Gasteiger partial charge in [-0.3, -0.25) is 9.36 Å². The largest absolute Gasteiger partial charge is 0.419 e. The monoisotopic (exact) mass is 478 g/mol. The average molecular weight is 479 g/mol. The smallest absolute Gasteiger partial charge is 0.408 e. The minimum absolute atomic E-state index is 0.219. The lowest BCUT2D eigenvalue weighted by molar-refractivity contribution is -0.132. The molecule has 1 amide bonds. The maximum Gasteiger partial charge on any atom is 0.419 e. The Bertz CT molecular complexity index is 1380. The van der Waals surface area contributed by atoms with Crippen LogP contribution in [-0.2, 0) is 35.8 Å². The summed E-state index contributed by atoms with van der Waals surface area (Å²) in [4.78, 5) is 24.5. The van der Waals surface area contributed by atoms with Crippen molar-refractivity contribution < 1.29 is 18.3 Å². The molecule has 0 saturated carbocycles. The van der Waals surface area contributed by atoms with Gasteiger partial charge in [0.1, 0.15) is 18.0 Å². The standard InChI is InChI=1S/C26H27FN4O4/c1-31-21-12-15(6-7-22(21)35-26(31)33)24-19-5-2-4-18(19)16(11-20(24)27)10-17(13-28)30-25(32)23-14-29-8-3-9-34-23/h6-7,11-12,17,23,29H,2-5,8-10,14H2,1H3,(H,30,32). The molecule has 0 spiro atoms. The molecule has 2 heterocycles. The van der Waals surface area contributed by atoms with Crippen molar-refractivity contribution in [1.82, 2.24) is 15.2 Å². The molecule has 9 heteroatoms. The molecule has 182 valence electrons. The second-order valence-electron chi connectivity index (χ2n) is 9.12. The number of hydrogen-bond acceptors (Lipinski definition) is 6. The van der Waals surface area contributed by atoms with Gasteiger partial charge < -0.3 is 19.8 Å². The van der Waals surface area contributed by atoms with Gasteiger partial charge in [0.25, 0.3) is 5.91 Å². The fourth-order valence-electron chi connectivity index (χ4n) is 5.10. The first-order valence-corrected chi connectivity index (χ1v) is 11.9. The SMILES string of the molecule is Cn1c(=O)oc2ccc(-c3c(F)cc(CC(C#N)NC(=O)C4CNCCCO4)c4c3CCC4)cc21. The number of benzene rings is 2. The normalized spacial score (nSPS) is 18.6. The topological polar surface area (TPSA) is 109 Å². The van der Waals surface area contributed by atoms with E-state index in [-0.39, 0.29) is 18.1 Å². The Kier molecular flexibility index (Phi) is 6.41. The van der Waals surface area contributed by atoms with E-state index in [0.717, 1.165) is 48.9 Å². The molecule has 5 rings (SSSR count). The number of fused-ring (bicyclic) bond motifs is 2. The zero-order chi connectivity index (χ0) is 24.5. The van der Waals surface area contributed by atoms with Crippen LogP contribution in [0.2, 0.25) is 0 Å². The highest BCUT2D eigenvalue weighted by molar-refractivity contribution is 5.83. The quantitative estimate of drug-likeness (QED) is 0.583. The van der Waals surface area contributed by atoms with Crippen molar-refractivity contribution in [2.24, 2.45) is 7.05 Å². The van der Waals surface area contributed by atoms with Crippen LogP contribution in [0, 0.1) is 17.1 Å². The third-order valence-corrected chi connectivity index (χ3v) is 6.86. The van der Waals surface area contributed by atoms with Gasteiger partial charge >= 0.3 is 5.76 Å². The highest BCUT2D eigenvalue weighted by Gasteiger charge is 2.27. The fourth-order valence-corrected chi connectivity index (χ4v) is 5.10. The van der Waals surface area contributed by atoms with E-state index in [1.54, 1.807) is 25.2 Å². The fraction of sp³-hybridized carbons (Fsp3) is 0.423. The van der Waals surface area contributed by atoms with Gasteiger partial charge in [-0.15, -0.1) is 0 Å². The van der Waals surface area contributed by atoms with E-state index in [0.29, 0.717) is 35.4 Å². The zero-order valence-electron chi connectivity index (χ0n) is 19.5. The highest BCUT2D eigenvalue weighted by Crippen LogP contribution is 2.38. The lowest BCUT2D eigenvalue weighted by Crippen LogP contribution is -2.46. The van der Waals surface area contributed by atoms with E-state index in [9.17, 15) is 14.9 Å². The summed E-state index contributed by atoms with van der Waals surface area (Å²) in [6.07, 6.45) is 2.79. The van der Waals surface area contributed by atoms with Crippen LogP contribution in [0.1, 0.15) is 29.5 Å². The van der Waals surface area contributed by atoms with Crippen LogP contribution in [0.3, 0.4) is 0 Å². The molecule has 2 N–H and O–H groups in total. The molecule has 1 aromatic heterocycles. The summed E-state index contributed by atoms with van der Waals surface area (Å²) in [6, 6.07) is 8.07. The lowest BCUT2D eigenvalue weighted by atomic mass is 9.90. The van der Waals surface area contributed by atoms with Crippen molar-refractivity contribution in [3.05, 3.63) is 57.3 Å². The number of amides is 1. The Balaban J connectivity index is 1.43. The predicted molar refractivity (Wildman–Crippen MR) is 127 cm³/mol. The van der Waals surface area contributed by atoms with Gasteiger partial charge in [0.2, 0.25) is 0 Å². The van der Waals surface area contributed by atoms with E-state index in [1.165, 1.54) is 10.6 Å². The van der Waals surface area contributed by atoms with Gasteiger partial charge in [0, 0.05) is 32.2 Å². The van der Waals surface area contributed by atoms with E-state index in [1.807, 2.05) is 0 Å². The van der Waals surface area contributed by atoms with Crippen LogP contribution < -0.4 is 16.4 Å². The third-order valence-electron chi connectivity index (χ3n) is 6.86. The van der Waals surface area contributed by atoms with Crippen molar-refractivity contribution in [2.45, 2.75) is 44.2 Å². The van der Waals surface area contributed by atoms with Crippen LogP contribution in [0.25, 0.3) is 22.2 Å². The Morgan fingerprint density at radius 3 is 2.97 bits per heavy atom. The molecule has 1 aliphatic carbocycles. The minimum Gasteiger partial charge on any atom is -0.408 e. The zero-order valence-corrected chi connectivity index (χ0v) is 19.5. The van der Waals surface area contributed by atoms with Gasteiger partial charge in [-0.2, -0.15) is 5.26 Å². The summed E-state index contributed by atoms with van der Waals surface area (Å²) in [7, 11) is 1.62. The molecule has 1 aliphatic heterocycles. The number of hydrogen-bond donors (Lipinski definition) is 2. The summed E-state index contributed by atoms with van der Waals surface area (Å²) in [6.45, 7) is 1.67. The minimum atomic E-state index is -0.791. The first-order chi connectivity index (χ1) is 17.0. The molecule has 2 atom stereocenters. The summed E-state index contributed by atoms with van der Waals surface area (Å²) >= 11 is 0. The predicted octanol–water partition coefficient (Wildman–Crippen LogP) is 2.36. The van der Waals surface area contributed by atoms with E-state index < -0.39 is 17.9 Å². The van der Waals surface area contributed by atoms with Crippen LogP contribution in [0.15, 0.2) is 33.5 Å². The number of nitrogens with one attached hydrogen (secondary N) is 2. The molecule has 1 saturated heterocycles. The molecule has 2 unspecified atom stereocenters. The molecule has 0 radical (unpaired) electrons. The molecule has 2 aliphatic rings. The van der Waals surface area contributed by atoms with Crippen molar-refractivity contribution in [1.29, 1.82) is 5.26 Å². The number of carbonyl (C=O) groups is 1. The highest BCUT2D eigenvalue weighted by atomic mass is 19.1. The molecule has 35 heavy (non-hydrogen) atoms. The summed E-state index contributed by atoms with van der Waals surface area (Å²) in [5.41, 5.74) is 4.95. The maximum absolute atomic E-state index is 15.6. The number of halogens is 1. The third kappa shape index (κ3) is 4.47. The van der Waals surface area contributed by atoms with Crippen molar-refractivity contribution in [3.63, 3.8) is 0 Å². The lowest BCUT2D eigenvalue weighted by Gasteiger charge is -2.20. The number of ether oxygens (including phenoxy) is 1. The molecule has 8 nitrogen and oxygen atoms in total. The number of oxazole rings is 1. The number of nitriles is 1. The number of aromatic nitrogens is 1. The van der Waals surface area contributed by atoms with Crippen molar-refractivity contribution in [3.8, 4) is 17.2 Å². The second-order valence-corrected chi connectivity index (χ2v) is 9.12. The Hall–Kier alpha value is -3.48. The Morgan fingerprint density at radius 1 is 1.31 bits per heavy atom. The Labute approximate surface area is 201 Å². The summed E-state index contributed by atoms with van der Waals surface area (Å²) < 4.78 is 27.8. The first-order valence-electron chi connectivity index (χ1n) is 11.9. The average Bonchev–Trinajstić information content (AvgIpc) is 3.32. The number of nitrogens with zero attached hydrogens (tertiary/aromatic N) is 2. The van der Waals surface area contributed by atoms with Crippen LogP contribution >= 0.6 is 0 Å². The van der Waals surface area contributed by atoms with E-state index >= 15 is 4.39 Å².